The van der Waals surface area contributed by atoms with E-state index in [1.165, 1.54) is 25.2 Å². The largest absolute Gasteiger partial charge is 0.507 e. The summed E-state index contributed by atoms with van der Waals surface area (Å²) >= 11 is 6.31. The highest BCUT2D eigenvalue weighted by Gasteiger charge is 2.46. The van der Waals surface area contributed by atoms with Crippen LogP contribution in [0, 0.1) is 0 Å². The minimum atomic E-state index is -0.803. The van der Waals surface area contributed by atoms with Crippen LogP contribution in [0.25, 0.3) is 5.76 Å². The zero-order valence-electron chi connectivity index (χ0n) is 18.5. The first-order valence-electron chi connectivity index (χ1n) is 10.3. The number of ether oxygens (including phenoxy) is 3. The van der Waals surface area contributed by atoms with Gasteiger partial charge in [-0.3, -0.25) is 9.59 Å². The van der Waals surface area contributed by atoms with Crippen molar-refractivity contribution in [1.29, 1.82) is 0 Å². The topological polar surface area (TPSA) is 85.3 Å². The molecule has 1 saturated heterocycles. The molecule has 32 heavy (non-hydrogen) atoms. The van der Waals surface area contributed by atoms with E-state index in [0.29, 0.717) is 42.4 Å². The van der Waals surface area contributed by atoms with E-state index in [1.54, 1.807) is 30.3 Å². The lowest BCUT2D eigenvalue weighted by Crippen LogP contribution is -2.30. The van der Waals surface area contributed by atoms with Crippen LogP contribution in [0.1, 0.15) is 37.4 Å². The maximum Gasteiger partial charge on any atom is 0.295 e. The summed E-state index contributed by atoms with van der Waals surface area (Å²) in [5, 5.41) is 11.4. The van der Waals surface area contributed by atoms with Crippen LogP contribution in [-0.2, 0) is 9.59 Å². The van der Waals surface area contributed by atoms with Gasteiger partial charge in [0.05, 0.1) is 37.5 Å². The first kappa shape index (κ1) is 23.5. The Kier molecular flexibility index (Phi) is 7.30. The van der Waals surface area contributed by atoms with Crippen molar-refractivity contribution in [3.05, 3.63) is 58.1 Å². The van der Waals surface area contributed by atoms with Crippen molar-refractivity contribution in [2.45, 2.75) is 26.3 Å². The van der Waals surface area contributed by atoms with Crippen LogP contribution in [-0.4, -0.2) is 49.1 Å². The number of rotatable bonds is 8. The molecule has 0 bridgehead atoms. The van der Waals surface area contributed by atoms with Gasteiger partial charge in [0.15, 0.2) is 11.5 Å². The normalized spacial score (nSPS) is 17.5. The highest BCUT2D eigenvalue weighted by molar-refractivity contribution is 6.47. The van der Waals surface area contributed by atoms with Gasteiger partial charge in [-0.25, -0.2) is 0 Å². The van der Waals surface area contributed by atoms with Gasteiger partial charge in [0.25, 0.3) is 11.7 Å². The molecule has 1 aliphatic rings. The Morgan fingerprint density at radius 1 is 1.06 bits per heavy atom. The molecule has 0 radical (unpaired) electrons. The summed E-state index contributed by atoms with van der Waals surface area (Å²) in [5.41, 5.74) is 0.790. The lowest BCUT2D eigenvalue weighted by molar-refractivity contribution is -0.139. The summed E-state index contributed by atoms with van der Waals surface area (Å²) in [6.07, 6.45) is 0.637. The van der Waals surface area contributed by atoms with Crippen molar-refractivity contribution in [2.24, 2.45) is 0 Å². The van der Waals surface area contributed by atoms with Crippen molar-refractivity contribution < 1.29 is 28.9 Å². The molecule has 2 aromatic carbocycles. The van der Waals surface area contributed by atoms with Crippen LogP contribution in [0.5, 0.6) is 17.2 Å². The molecule has 0 aromatic heterocycles. The van der Waals surface area contributed by atoms with E-state index in [1.807, 2.05) is 13.8 Å². The first-order chi connectivity index (χ1) is 15.4. The number of carbonyl (C=O) groups excluding carboxylic acids is 2. The van der Waals surface area contributed by atoms with Crippen LogP contribution in [0.2, 0.25) is 5.02 Å². The third kappa shape index (κ3) is 4.25. The number of hydrogen-bond donors (Lipinski definition) is 1. The second-order valence-corrected chi connectivity index (χ2v) is 7.59. The average Bonchev–Trinajstić information content (AvgIpc) is 3.04. The van der Waals surface area contributed by atoms with E-state index in [0.717, 1.165) is 0 Å². The van der Waals surface area contributed by atoms with E-state index >= 15 is 0 Å². The van der Waals surface area contributed by atoms with Crippen molar-refractivity contribution in [1.82, 2.24) is 4.90 Å². The minimum absolute atomic E-state index is 0.0359. The molecule has 170 valence electrons. The molecule has 1 N–H and O–H groups in total. The van der Waals surface area contributed by atoms with E-state index < -0.39 is 17.7 Å². The predicted molar refractivity (Wildman–Crippen MR) is 121 cm³/mol. The van der Waals surface area contributed by atoms with Gasteiger partial charge in [0.1, 0.15) is 11.5 Å². The lowest BCUT2D eigenvalue weighted by atomic mass is 9.94. The molecular formula is C24H26ClNO6. The SMILES string of the molecule is CCCN1C(=O)C(=O)/C(=C(/O)c2cc(OC)ccc2Cl)C1c1ccc(OC)c(OCC)c1. The number of hydrogen-bond acceptors (Lipinski definition) is 6. The van der Waals surface area contributed by atoms with Crippen molar-refractivity contribution in [3.8, 4) is 17.2 Å². The van der Waals surface area contributed by atoms with Crippen LogP contribution in [0.15, 0.2) is 42.0 Å². The number of benzene rings is 2. The third-order valence-electron chi connectivity index (χ3n) is 5.24. The first-order valence-corrected chi connectivity index (χ1v) is 10.7. The molecule has 3 rings (SSSR count). The minimum Gasteiger partial charge on any atom is -0.507 e. The van der Waals surface area contributed by atoms with E-state index in [-0.39, 0.29) is 21.9 Å². The smallest absolute Gasteiger partial charge is 0.295 e. The Balaban J connectivity index is 2.24. The molecule has 1 fully saturated rings. The predicted octanol–water partition coefficient (Wildman–Crippen LogP) is 4.59. The molecule has 1 aliphatic heterocycles. The second kappa shape index (κ2) is 9.96. The van der Waals surface area contributed by atoms with Gasteiger partial charge in [0.2, 0.25) is 0 Å². The van der Waals surface area contributed by atoms with Crippen LogP contribution in [0.3, 0.4) is 0 Å². The molecule has 1 amide bonds. The standard InChI is InChI=1S/C24H26ClNO6/c1-5-11-26-21(14-7-10-18(31-4)19(12-14)32-6-2)20(23(28)24(26)29)22(27)16-13-15(30-3)8-9-17(16)25/h7-10,12-13,21,27H,5-6,11H2,1-4H3/b22-20+. The monoisotopic (exact) mass is 459 g/mol. The maximum atomic E-state index is 13.0. The fourth-order valence-corrected chi connectivity index (χ4v) is 3.99. The van der Waals surface area contributed by atoms with E-state index in [2.05, 4.69) is 0 Å². The summed E-state index contributed by atoms with van der Waals surface area (Å²) in [4.78, 5) is 27.4. The third-order valence-corrected chi connectivity index (χ3v) is 5.57. The van der Waals surface area contributed by atoms with Crippen molar-refractivity contribution in [2.75, 3.05) is 27.4 Å². The number of halogens is 1. The fraction of sp³-hybridized carbons (Fsp3) is 0.333. The summed E-state index contributed by atoms with van der Waals surface area (Å²) in [6.45, 7) is 4.51. The molecule has 1 atom stereocenters. The Morgan fingerprint density at radius 2 is 1.81 bits per heavy atom. The maximum absolute atomic E-state index is 13.0. The van der Waals surface area contributed by atoms with Gasteiger partial charge in [0, 0.05) is 12.1 Å². The number of nitrogens with zero attached hydrogens (tertiary/aromatic N) is 1. The van der Waals surface area contributed by atoms with Gasteiger partial charge in [-0.2, -0.15) is 0 Å². The zero-order valence-corrected chi connectivity index (χ0v) is 19.2. The molecule has 1 heterocycles. The van der Waals surface area contributed by atoms with Crippen LogP contribution in [0.4, 0.5) is 0 Å². The summed E-state index contributed by atoms with van der Waals surface area (Å²) in [5.74, 6) is -0.337. The van der Waals surface area contributed by atoms with Gasteiger partial charge in [-0.05, 0) is 49.2 Å². The highest BCUT2D eigenvalue weighted by atomic mass is 35.5. The zero-order chi connectivity index (χ0) is 23.4. The van der Waals surface area contributed by atoms with E-state index in [9.17, 15) is 14.7 Å². The summed E-state index contributed by atoms with van der Waals surface area (Å²) in [7, 11) is 3.02. The summed E-state index contributed by atoms with van der Waals surface area (Å²) < 4.78 is 16.3. The van der Waals surface area contributed by atoms with Gasteiger partial charge >= 0.3 is 0 Å². The van der Waals surface area contributed by atoms with Gasteiger partial charge in [-0.15, -0.1) is 0 Å². The molecule has 0 saturated carbocycles. The summed E-state index contributed by atoms with van der Waals surface area (Å²) in [6, 6.07) is 9.12. The van der Waals surface area contributed by atoms with Gasteiger partial charge < -0.3 is 24.2 Å². The number of carbonyl (C=O) groups is 2. The molecule has 2 aromatic rings. The Bertz CT molecular complexity index is 1060. The van der Waals surface area contributed by atoms with Gasteiger partial charge in [-0.1, -0.05) is 24.6 Å². The number of amides is 1. The number of likely N-dealkylation sites (tertiary alicyclic amines) is 1. The van der Waals surface area contributed by atoms with Crippen molar-refractivity contribution >= 4 is 29.1 Å². The second-order valence-electron chi connectivity index (χ2n) is 7.18. The molecule has 0 spiro atoms. The van der Waals surface area contributed by atoms with E-state index in [4.69, 9.17) is 25.8 Å². The van der Waals surface area contributed by atoms with Crippen molar-refractivity contribution in [3.63, 3.8) is 0 Å². The number of aliphatic hydroxyl groups excluding tert-OH is 1. The average molecular weight is 460 g/mol. The number of ketones is 1. The molecule has 1 unspecified atom stereocenters. The molecule has 8 heteroatoms. The number of Topliss-reactive ketones (excluding diaryl/α,β-unsaturated/α-hetero) is 1. The molecule has 7 nitrogen and oxygen atoms in total. The quantitative estimate of drug-likeness (QED) is 0.353. The highest BCUT2D eigenvalue weighted by Crippen LogP contribution is 2.43. The molecular weight excluding hydrogens is 434 g/mol. The number of methoxy groups -OCH3 is 2. The van der Waals surface area contributed by atoms with Crippen LogP contribution < -0.4 is 14.2 Å². The van der Waals surface area contributed by atoms with Crippen LogP contribution >= 0.6 is 11.6 Å². The lowest BCUT2D eigenvalue weighted by Gasteiger charge is -2.25. The Morgan fingerprint density at radius 3 is 2.44 bits per heavy atom. The Hall–Kier alpha value is -3.19. The molecule has 0 aliphatic carbocycles. The Labute approximate surface area is 192 Å². The number of aliphatic hydroxyl groups is 1. The fourth-order valence-electron chi connectivity index (χ4n) is 3.79.